The Kier molecular flexibility index (Phi) is 3.60. The summed E-state index contributed by atoms with van der Waals surface area (Å²) < 4.78 is 3.76. The van der Waals surface area contributed by atoms with E-state index in [0.29, 0.717) is 0 Å². The first-order chi connectivity index (χ1) is 12.6. The second-order valence-electron chi connectivity index (χ2n) is 7.30. The number of hydrogen-bond acceptors (Lipinski definition) is 5. The third-order valence-electron chi connectivity index (χ3n) is 5.59. The summed E-state index contributed by atoms with van der Waals surface area (Å²) in [4.78, 5) is 12.2. The summed E-state index contributed by atoms with van der Waals surface area (Å²) in [5.74, 6) is 1.59. The number of aryl methyl sites for hydroxylation is 2. The highest BCUT2D eigenvalue weighted by atomic mass is 32.1. The lowest BCUT2D eigenvalue weighted by Gasteiger charge is -2.20. The van der Waals surface area contributed by atoms with Gasteiger partial charge in [-0.25, -0.2) is 14.5 Å². The molecular weight excluding hydrogens is 344 g/mol. The van der Waals surface area contributed by atoms with Crippen molar-refractivity contribution in [3.63, 3.8) is 0 Å². The fourth-order valence-electron chi connectivity index (χ4n) is 3.95. The molecule has 0 aliphatic heterocycles. The van der Waals surface area contributed by atoms with E-state index in [-0.39, 0.29) is 6.04 Å². The Morgan fingerprint density at radius 3 is 3.00 bits per heavy atom. The predicted octanol–water partition coefficient (Wildman–Crippen LogP) is 3.97. The molecule has 0 radical (unpaired) electrons. The van der Waals surface area contributed by atoms with Crippen molar-refractivity contribution < 1.29 is 0 Å². The van der Waals surface area contributed by atoms with Crippen molar-refractivity contribution in [2.45, 2.75) is 52.5 Å². The van der Waals surface area contributed by atoms with E-state index in [1.54, 1.807) is 6.33 Å². The molecule has 2 unspecified atom stereocenters. The van der Waals surface area contributed by atoms with Gasteiger partial charge in [0.25, 0.3) is 0 Å². The lowest BCUT2D eigenvalue weighted by molar-refractivity contribution is 0.451. The van der Waals surface area contributed by atoms with Crippen molar-refractivity contribution >= 4 is 27.2 Å². The molecule has 5 rings (SSSR count). The molecule has 0 amide bonds. The fraction of sp³-hybridized carbons (Fsp3) is 0.474. The molecule has 6 nitrogen and oxygen atoms in total. The van der Waals surface area contributed by atoms with Crippen LogP contribution in [0.1, 0.15) is 54.7 Å². The van der Waals surface area contributed by atoms with Gasteiger partial charge in [0, 0.05) is 11.1 Å². The predicted molar refractivity (Wildman–Crippen MR) is 103 cm³/mol. The maximum absolute atomic E-state index is 4.90. The van der Waals surface area contributed by atoms with Crippen LogP contribution in [0.25, 0.3) is 15.9 Å². The second-order valence-corrected chi connectivity index (χ2v) is 8.38. The molecule has 26 heavy (non-hydrogen) atoms. The SMILES string of the molecule is CCC1CCc2c(sc3ncn4nc(C(C)n5ccc(C)n5)nc4c23)C1. The minimum atomic E-state index is -0.00224. The Morgan fingerprint density at radius 2 is 2.23 bits per heavy atom. The molecule has 1 aliphatic carbocycles. The number of fused-ring (bicyclic) bond motifs is 5. The molecule has 0 saturated heterocycles. The standard InChI is InChI=1S/C19H22N6S/c1-4-13-5-6-14-15(9-13)26-19-16(14)18-21-17(23-25(18)10-20-19)12(3)24-8-7-11(2)22-24/h7-8,10,12-13H,4-6,9H2,1-3H3. The van der Waals surface area contributed by atoms with Crippen LogP contribution >= 0.6 is 11.3 Å². The minimum Gasteiger partial charge on any atom is -0.262 e. The van der Waals surface area contributed by atoms with Crippen molar-refractivity contribution in [3.05, 3.63) is 40.5 Å². The third-order valence-corrected chi connectivity index (χ3v) is 6.76. The fourth-order valence-corrected chi connectivity index (χ4v) is 5.25. The minimum absolute atomic E-state index is 0.00224. The van der Waals surface area contributed by atoms with Crippen molar-refractivity contribution in [2.24, 2.45) is 5.92 Å². The maximum Gasteiger partial charge on any atom is 0.176 e. The van der Waals surface area contributed by atoms with Crippen LogP contribution in [0, 0.1) is 12.8 Å². The lowest BCUT2D eigenvalue weighted by Crippen LogP contribution is -2.11. The quantitative estimate of drug-likeness (QED) is 0.550. The highest BCUT2D eigenvalue weighted by molar-refractivity contribution is 7.19. The molecule has 0 aromatic carbocycles. The molecule has 0 N–H and O–H groups in total. The van der Waals surface area contributed by atoms with Crippen LogP contribution in [0.5, 0.6) is 0 Å². The molecule has 4 aromatic rings. The first-order valence-electron chi connectivity index (χ1n) is 9.31. The molecule has 7 heteroatoms. The van der Waals surface area contributed by atoms with Gasteiger partial charge in [0.2, 0.25) is 0 Å². The first-order valence-corrected chi connectivity index (χ1v) is 10.1. The number of thiophene rings is 1. The van der Waals surface area contributed by atoms with E-state index in [9.17, 15) is 0 Å². The average molecular weight is 366 g/mol. The molecule has 134 valence electrons. The van der Waals surface area contributed by atoms with Gasteiger partial charge in [-0.2, -0.15) is 5.10 Å². The van der Waals surface area contributed by atoms with Crippen molar-refractivity contribution in [2.75, 3.05) is 0 Å². The van der Waals surface area contributed by atoms with Gasteiger partial charge in [0.05, 0.1) is 11.1 Å². The zero-order valence-corrected chi connectivity index (χ0v) is 16.1. The average Bonchev–Trinajstić information content (AvgIpc) is 3.35. The van der Waals surface area contributed by atoms with Gasteiger partial charge in [-0.3, -0.25) is 4.68 Å². The normalized spacial score (nSPS) is 18.5. The van der Waals surface area contributed by atoms with E-state index in [1.165, 1.54) is 35.1 Å². The molecule has 0 bridgehead atoms. The van der Waals surface area contributed by atoms with Gasteiger partial charge >= 0.3 is 0 Å². The van der Waals surface area contributed by atoms with Crippen LogP contribution in [0.3, 0.4) is 0 Å². The molecule has 0 spiro atoms. The second kappa shape index (κ2) is 5.87. The highest BCUT2D eigenvalue weighted by Gasteiger charge is 2.25. The van der Waals surface area contributed by atoms with Crippen LogP contribution in [0.2, 0.25) is 0 Å². The summed E-state index contributed by atoms with van der Waals surface area (Å²) in [6.45, 7) is 6.37. The lowest BCUT2D eigenvalue weighted by atomic mass is 9.86. The summed E-state index contributed by atoms with van der Waals surface area (Å²) in [6.07, 6.45) is 8.62. The zero-order chi connectivity index (χ0) is 17.8. The van der Waals surface area contributed by atoms with Gasteiger partial charge in [0.1, 0.15) is 17.2 Å². The number of rotatable bonds is 3. The third kappa shape index (κ3) is 2.37. The Hall–Kier alpha value is -2.28. The summed E-state index contributed by atoms with van der Waals surface area (Å²) in [6, 6.07) is 2.00. The van der Waals surface area contributed by atoms with E-state index in [4.69, 9.17) is 10.1 Å². The van der Waals surface area contributed by atoms with Crippen LogP contribution in [0.4, 0.5) is 0 Å². The van der Waals surface area contributed by atoms with E-state index in [2.05, 4.69) is 23.9 Å². The molecule has 2 atom stereocenters. The topological polar surface area (TPSA) is 60.9 Å². The molecular formula is C19H22N6S. The molecule has 4 heterocycles. The van der Waals surface area contributed by atoms with Gasteiger partial charge in [-0.05, 0) is 50.7 Å². The Morgan fingerprint density at radius 1 is 1.35 bits per heavy atom. The van der Waals surface area contributed by atoms with Gasteiger partial charge < -0.3 is 0 Å². The molecule has 0 saturated carbocycles. The van der Waals surface area contributed by atoms with Crippen LogP contribution in [0.15, 0.2) is 18.6 Å². The zero-order valence-electron chi connectivity index (χ0n) is 15.3. The van der Waals surface area contributed by atoms with Crippen molar-refractivity contribution in [3.8, 4) is 0 Å². The highest BCUT2D eigenvalue weighted by Crippen LogP contribution is 2.39. The van der Waals surface area contributed by atoms with E-state index in [0.717, 1.165) is 34.3 Å². The largest absolute Gasteiger partial charge is 0.262 e. The van der Waals surface area contributed by atoms with E-state index < -0.39 is 0 Å². The number of nitrogens with zero attached hydrogens (tertiary/aromatic N) is 6. The Balaban J connectivity index is 1.64. The molecule has 0 fully saturated rings. The van der Waals surface area contributed by atoms with Gasteiger partial charge in [-0.15, -0.1) is 16.4 Å². The number of aromatic nitrogens is 6. The number of hydrogen-bond donors (Lipinski definition) is 0. The van der Waals surface area contributed by atoms with Gasteiger partial charge in [-0.1, -0.05) is 13.3 Å². The smallest absolute Gasteiger partial charge is 0.176 e. The molecule has 1 aliphatic rings. The van der Waals surface area contributed by atoms with Crippen LogP contribution in [-0.2, 0) is 12.8 Å². The van der Waals surface area contributed by atoms with E-state index in [1.807, 2.05) is 39.7 Å². The summed E-state index contributed by atoms with van der Waals surface area (Å²) >= 11 is 1.84. The van der Waals surface area contributed by atoms with Crippen LogP contribution < -0.4 is 0 Å². The van der Waals surface area contributed by atoms with Gasteiger partial charge in [0.15, 0.2) is 11.5 Å². The monoisotopic (exact) mass is 366 g/mol. The summed E-state index contributed by atoms with van der Waals surface area (Å²) in [5, 5.41) is 10.4. The maximum atomic E-state index is 4.90. The first kappa shape index (κ1) is 15.9. The van der Waals surface area contributed by atoms with Crippen LogP contribution in [-0.4, -0.2) is 29.4 Å². The summed E-state index contributed by atoms with van der Waals surface area (Å²) in [5.41, 5.74) is 3.39. The Bertz CT molecular complexity index is 1100. The van der Waals surface area contributed by atoms with E-state index >= 15 is 0 Å². The Labute approximate surface area is 155 Å². The molecule has 4 aromatic heterocycles. The summed E-state index contributed by atoms with van der Waals surface area (Å²) in [7, 11) is 0. The van der Waals surface area contributed by atoms with Crippen molar-refractivity contribution in [1.29, 1.82) is 0 Å². The van der Waals surface area contributed by atoms with Crippen molar-refractivity contribution in [1.82, 2.24) is 29.4 Å².